The molecule has 0 aromatic heterocycles. The van der Waals surface area contributed by atoms with E-state index in [1.807, 2.05) is 32.0 Å². The summed E-state index contributed by atoms with van der Waals surface area (Å²) in [6.07, 6.45) is 0.950. The molecular weight excluding hydrogens is 216 g/mol. The van der Waals surface area contributed by atoms with Crippen molar-refractivity contribution in [3.8, 4) is 0 Å². The third kappa shape index (κ3) is 2.64. The highest BCUT2D eigenvalue weighted by molar-refractivity contribution is 6.01. The maximum absolute atomic E-state index is 11.6. The molecular formula is C13H16N2O2. The smallest absolute Gasteiger partial charge is 0.249 e. The lowest BCUT2D eigenvalue weighted by atomic mass is 10.0. The van der Waals surface area contributed by atoms with E-state index in [0.717, 1.165) is 5.69 Å². The van der Waals surface area contributed by atoms with Gasteiger partial charge in [-0.2, -0.15) is 0 Å². The Morgan fingerprint density at radius 3 is 2.65 bits per heavy atom. The monoisotopic (exact) mass is 232 g/mol. The zero-order valence-corrected chi connectivity index (χ0v) is 10.0. The number of benzene rings is 1. The Balaban J connectivity index is 2.08. The van der Waals surface area contributed by atoms with Crippen molar-refractivity contribution < 1.29 is 9.59 Å². The van der Waals surface area contributed by atoms with E-state index < -0.39 is 0 Å². The number of carbonyl (C=O) groups is 2. The molecule has 0 bridgehead atoms. The Kier molecular flexibility index (Phi) is 3.13. The highest BCUT2D eigenvalue weighted by Gasteiger charge is 2.26. The first kappa shape index (κ1) is 11.6. The highest BCUT2D eigenvalue weighted by Crippen LogP contribution is 2.17. The molecule has 0 radical (unpaired) electrons. The van der Waals surface area contributed by atoms with Gasteiger partial charge in [0.25, 0.3) is 0 Å². The minimum Gasteiger partial charge on any atom is -0.374 e. The number of piperidine rings is 1. The second kappa shape index (κ2) is 4.57. The van der Waals surface area contributed by atoms with Crippen molar-refractivity contribution in [2.75, 3.05) is 5.32 Å². The van der Waals surface area contributed by atoms with Crippen molar-refractivity contribution in [1.29, 1.82) is 0 Å². The summed E-state index contributed by atoms with van der Waals surface area (Å²) in [4.78, 5) is 22.6. The molecule has 2 amide bonds. The van der Waals surface area contributed by atoms with E-state index in [-0.39, 0.29) is 17.9 Å². The molecule has 1 unspecified atom stereocenters. The van der Waals surface area contributed by atoms with Crippen molar-refractivity contribution in [2.24, 2.45) is 0 Å². The average Bonchev–Trinajstić information content (AvgIpc) is 2.27. The van der Waals surface area contributed by atoms with Gasteiger partial charge in [0, 0.05) is 12.1 Å². The number of rotatable bonds is 2. The lowest BCUT2D eigenvalue weighted by Gasteiger charge is -2.23. The van der Waals surface area contributed by atoms with Gasteiger partial charge >= 0.3 is 0 Å². The first-order valence-electron chi connectivity index (χ1n) is 5.74. The summed E-state index contributed by atoms with van der Waals surface area (Å²) in [6.45, 7) is 4.08. The van der Waals surface area contributed by atoms with Crippen molar-refractivity contribution in [2.45, 2.75) is 32.7 Å². The van der Waals surface area contributed by atoms with Gasteiger partial charge in [-0.3, -0.25) is 14.9 Å². The molecule has 17 heavy (non-hydrogen) atoms. The fraction of sp³-hybridized carbons (Fsp3) is 0.385. The molecule has 1 aromatic rings. The van der Waals surface area contributed by atoms with Gasteiger partial charge in [-0.15, -0.1) is 0 Å². The molecule has 2 rings (SSSR count). The van der Waals surface area contributed by atoms with Crippen LogP contribution >= 0.6 is 0 Å². The third-order valence-electron chi connectivity index (χ3n) is 3.09. The highest BCUT2D eigenvalue weighted by atomic mass is 16.2. The van der Waals surface area contributed by atoms with E-state index in [4.69, 9.17) is 0 Å². The normalized spacial score (nSPS) is 20.0. The molecule has 0 aliphatic carbocycles. The maximum atomic E-state index is 11.6. The summed E-state index contributed by atoms with van der Waals surface area (Å²) in [5, 5.41) is 5.49. The third-order valence-corrected chi connectivity index (χ3v) is 3.09. The minimum atomic E-state index is -0.310. The zero-order valence-electron chi connectivity index (χ0n) is 10.0. The van der Waals surface area contributed by atoms with Crippen LogP contribution in [-0.4, -0.2) is 17.9 Å². The summed E-state index contributed by atoms with van der Waals surface area (Å²) in [7, 11) is 0. The summed E-state index contributed by atoms with van der Waals surface area (Å²) in [5.41, 5.74) is 3.32. The number of aryl methyl sites for hydroxylation is 2. The van der Waals surface area contributed by atoms with Crippen molar-refractivity contribution in [3.63, 3.8) is 0 Å². The topological polar surface area (TPSA) is 58.2 Å². The Morgan fingerprint density at radius 2 is 2.00 bits per heavy atom. The van der Waals surface area contributed by atoms with Crippen LogP contribution in [0.1, 0.15) is 24.0 Å². The van der Waals surface area contributed by atoms with Gasteiger partial charge in [0.1, 0.15) is 6.04 Å². The molecule has 4 nitrogen and oxygen atoms in total. The molecule has 2 N–H and O–H groups in total. The van der Waals surface area contributed by atoms with Crippen LogP contribution in [0.4, 0.5) is 5.69 Å². The van der Waals surface area contributed by atoms with Gasteiger partial charge in [-0.25, -0.2) is 0 Å². The molecule has 1 aliphatic heterocycles. The van der Waals surface area contributed by atoms with Gasteiger partial charge in [-0.05, 0) is 43.5 Å². The molecule has 1 atom stereocenters. The summed E-state index contributed by atoms with van der Waals surface area (Å²) >= 11 is 0. The Morgan fingerprint density at radius 1 is 1.24 bits per heavy atom. The molecule has 4 heteroatoms. The average molecular weight is 232 g/mol. The number of anilines is 1. The van der Waals surface area contributed by atoms with Gasteiger partial charge in [0.15, 0.2) is 0 Å². The molecule has 90 valence electrons. The largest absolute Gasteiger partial charge is 0.374 e. The van der Waals surface area contributed by atoms with E-state index in [9.17, 15) is 9.59 Å². The first-order valence-corrected chi connectivity index (χ1v) is 5.74. The predicted molar refractivity (Wildman–Crippen MR) is 65.7 cm³/mol. The number of amides is 2. The van der Waals surface area contributed by atoms with E-state index in [1.165, 1.54) is 11.1 Å². The van der Waals surface area contributed by atoms with Crippen LogP contribution in [0.5, 0.6) is 0 Å². The second-order valence-corrected chi connectivity index (χ2v) is 4.45. The van der Waals surface area contributed by atoms with Gasteiger partial charge < -0.3 is 5.32 Å². The van der Waals surface area contributed by atoms with E-state index >= 15 is 0 Å². The van der Waals surface area contributed by atoms with Gasteiger partial charge in [0.05, 0.1) is 0 Å². The molecule has 1 aliphatic rings. The SMILES string of the molecule is Cc1ccc(NC2CCC(=O)NC2=O)cc1C. The van der Waals surface area contributed by atoms with Crippen molar-refractivity contribution >= 4 is 17.5 Å². The maximum Gasteiger partial charge on any atom is 0.249 e. The molecule has 1 fully saturated rings. The Hall–Kier alpha value is -1.84. The van der Waals surface area contributed by atoms with Crippen molar-refractivity contribution in [3.05, 3.63) is 29.3 Å². The van der Waals surface area contributed by atoms with Gasteiger partial charge in [-0.1, -0.05) is 6.07 Å². The minimum absolute atomic E-state index is 0.187. The zero-order chi connectivity index (χ0) is 12.4. The number of imide groups is 1. The summed E-state index contributed by atoms with van der Waals surface area (Å²) in [5.74, 6) is -0.424. The Bertz CT molecular complexity index is 468. The van der Waals surface area contributed by atoms with Crippen molar-refractivity contribution in [1.82, 2.24) is 5.32 Å². The molecule has 0 saturated carbocycles. The molecule has 0 spiro atoms. The number of nitrogens with one attached hydrogen (secondary N) is 2. The predicted octanol–water partition coefficient (Wildman–Crippen LogP) is 1.52. The van der Waals surface area contributed by atoms with Crippen LogP contribution in [0.15, 0.2) is 18.2 Å². The van der Waals surface area contributed by atoms with Gasteiger partial charge in [0.2, 0.25) is 11.8 Å². The lowest BCUT2D eigenvalue weighted by Crippen LogP contribution is -2.47. The van der Waals surface area contributed by atoms with Crippen LogP contribution in [0.3, 0.4) is 0 Å². The van der Waals surface area contributed by atoms with E-state index in [2.05, 4.69) is 10.6 Å². The van der Waals surface area contributed by atoms with Crippen LogP contribution < -0.4 is 10.6 Å². The lowest BCUT2D eigenvalue weighted by molar-refractivity contribution is -0.133. The number of hydrogen-bond donors (Lipinski definition) is 2. The van der Waals surface area contributed by atoms with Crippen LogP contribution in [-0.2, 0) is 9.59 Å². The summed E-state index contributed by atoms with van der Waals surface area (Å²) < 4.78 is 0. The number of carbonyl (C=O) groups excluding carboxylic acids is 2. The fourth-order valence-electron chi connectivity index (χ4n) is 1.86. The standard InChI is InChI=1S/C13H16N2O2/c1-8-3-4-10(7-9(8)2)14-11-5-6-12(16)15-13(11)17/h3-4,7,11,14H,5-6H2,1-2H3,(H,15,16,17). The fourth-order valence-corrected chi connectivity index (χ4v) is 1.86. The number of hydrogen-bond acceptors (Lipinski definition) is 3. The van der Waals surface area contributed by atoms with Crippen LogP contribution in [0, 0.1) is 13.8 Å². The quantitative estimate of drug-likeness (QED) is 0.760. The second-order valence-electron chi connectivity index (χ2n) is 4.45. The molecule has 1 aromatic carbocycles. The summed E-state index contributed by atoms with van der Waals surface area (Å²) in [6, 6.07) is 5.67. The molecule has 1 saturated heterocycles. The van der Waals surface area contributed by atoms with E-state index in [1.54, 1.807) is 0 Å². The molecule has 1 heterocycles. The van der Waals surface area contributed by atoms with E-state index in [0.29, 0.717) is 12.8 Å². The first-order chi connectivity index (χ1) is 8.06. The van der Waals surface area contributed by atoms with Crippen LogP contribution in [0.25, 0.3) is 0 Å². The Labute approximate surface area is 100 Å². The van der Waals surface area contributed by atoms with Crippen LogP contribution in [0.2, 0.25) is 0 Å².